The number of fused-ring (bicyclic) bond motifs is 3. The second kappa shape index (κ2) is 6.14. The third-order valence-electron chi connectivity index (χ3n) is 3.47. The minimum atomic E-state index is -0.379. The van der Waals surface area contributed by atoms with E-state index in [9.17, 15) is 4.79 Å². The summed E-state index contributed by atoms with van der Waals surface area (Å²) in [7, 11) is 0. The molecule has 1 heterocycles. The minimum absolute atomic E-state index is 0.379. The molecule has 3 nitrogen and oxygen atoms in total. The summed E-state index contributed by atoms with van der Waals surface area (Å²) >= 11 is 0. The maximum atomic E-state index is 10.4. The molecule has 0 aliphatic rings. The van der Waals surface area contributed by atoms with Crippen LogP contribution in [-0.4, -0.2) is 10.9 Å². The van der Waals surface area contributed by atoms with Crippen LogP contribution in [0.1, 0.15) is 10.4 Å². The van der Waals surface area contributed by atoms with E-state index in [4.69, 9.17) is 5.73 Å². The van der Waals surface area contributed by atoms with Gasteiger partial charge in [0.05, 0.1) is 0 Å². The van der Waals surface area contributed by atoms with E-state index in [1.54, 1.807) is 24.3 Å². The summed E-state index contributed by atoms with van der Waals surface area (Å²) in [5.74, 6) is -0.379. The maximum absolute atomic E-state index is 10.4. The average molecular weight is 288 g/mol. The van der Waals surface area contributed by atoms with Crippen molar-refractivity contribution in [3.05, 3.63) is 84.4 Å². The summed E-state index contributed by atoms with van der Waals surface area (Å²) in [6.45, 7) is 0. The monoisotopic (exact) mass is 288 g/mol. The second-order valence-electron chi connectivity index (χ2n) is 4.95. The number of aromatic amines is 1. The molecule has 1 amide bonds. The maximum Gasteiger partial charge on any atom is 0.248 e. The van der Waals surface area contributed by atoms with Gasteiger partial charge in [-0.1, -0.05) is 54.6 Å². The van der Waals surface area contributed by atoms with Crippen LogP contribution >= 0.6 is 0 Å². The van der Waals surface area contributed by atoms with Crippen LogP contribution in [0, 0.1) is 0 Å². The Morgan fingerprint density at radius 2 is 1.14 bits per heavy atom. The summed E-state index contributed by atoms with van der Waals surface area (Å²) < 4.78 is 0. The zero-order valence-electron chi connectivity index (χ0n) is 12.0. The van der Waals surface area contributed by atoms with Crippen molar-refractivity contribution in [2.45, 2.75) is 0 Å². The highest BCUT2D eigenvalue weighted by molar-refractivity contribution is 6.06. The van der Waals surface area contributed by atoms with Crippen molar-refractivity contribution in [2.75, 3.05) is 0 Å². The third kappa shape index (κ3) is 2.83. The van der Waals surface area contributed by atoms with E-state index in [2.05, 4.69) is 53.5 Å². The quantitative estimate of drug-likeness (QED) is 0.544. The first-order valence-corrected chi connectivity index (χ1v) is 7.06. The Labute approximate surface area is 128 Å². The first kappa shape index (κ1) is 13.9. The molecule has 0 saturated carbocycles. The number of H-pyrrole nitrogens is 1. The molecule has 0 spiro atoms. The van der Waals surface area contributed by atoms with Crippen LogP contribution in [0.25, 0.3) is 21.8 Å². The first-order valence-electron chi connectivity index (χ1n) is 7.06. The van der Waals surface area contributed by atoms with Gasteiger partial charge in [-0.25, -0.2) is 0 Å². The zero-order valence-corrected chi connectivity index (χ0v) is 12.0. The van der Waals surface area contributed by atoms with Crippen LogP contribution in [0.4, 0.5) is 0 Å². The summed E-state index contributed by atoms with van der Waals surface area (Å²) in [5.41, 5.74) is 7.95. The summed E-state index contributed by atoms with van der Waals surface area (Å²) in [6, 6.07) is 25.5. The number of primary amides is 1. The topological polar surface area (TPSA) is 58.9 Å². The van der Waals surface area contributed by atoms with Gasteiger partial charge in [-0.2, -0.15) is 0 Å². The van der Waals surface area contributed by atoms with Crippen molar-refractivity contribution < 1.29 is 4.79 Å². The van der Waals surface area contributed by atoms with Crippen molar-refractivity contribution in [1.82, 2.24) is 4.98 Å². The number of hydrogen-bond donors (Lipinski definition) is 2. The lowest BCUT2D eigenvalue weighted by atomic mass is 10.2. The predicted octanol–water partition coefficient (Wildman–Crippen LogP) is 4.11. The third-order valence-corrected chi connectivity index (χ3v) is 3.47. The first-order chi connectivity index (χ1) is 10.8. The van der Waals surface area contributed by atoms with Crippen LogP contribution < -0.4 is 5.73 Å². The van der Waals surface area contributed by atoms with E-state index < -0.39 is 0 Å². The number of carbonyl (C=O) groups excluding carboxylic acids is 1. The van der Waals surface area contributed by atoms with Gasteiger partial charge in [0.25, 0.3) is 0 Å². The molecule has 22 heavy (non-hydrogen) atoms. The lowest BCUT2D eigenvalue weighted by Gasteiger charge is -1.89. The standard InChI is InChI=1S/C12H9N.C7H7NO/c1-3-7-11-9(5-1)10-6-2-4-8-12(10)13-11;8-7(9)6-4-2-1-3-5-6/h1-8,13H;1-5H,(H2,8,9). The van der Waals surface area contributed by atoms with Gasteiger partial charge in [0.15, 0.2) is 0 Å². The number of hydrogen-bond acceptors (Lipinski definition) is 1. The van der Waals surface area contributed by atoms with Gasteiger partial charge in [0.2, 0.25) is 5.91 Å². The van der Waals surface area contributed by atoms with E-state index in [1.807, 2.05) is 6.07 Å². The van der Waals surface area contributed by atoms with Gasteiger partial charge in [-0.05, 0) is 24.3 Å². The second-order valence-corrected chi connectivity index (χ2v) is 4.95. The molecule has 0 radical (unpaired) electrons. The molecule has 0 bridgehead atoms. The van der Waals surface area contributed by atoms with E-state index in [1.165, 1.54) is 21.8 Å². The molecule has 0 atom stereocenters. The van der Waals surface area contributed by atoms with Gasteiger partial charge in [0.1, 0.15) is 0 Å². The van der Waals surface area contributed by atoms with Gasteiger partial charge >= 0.3 is 0 Å². The molecule has 3 N–H and O–H groups in total. The van der Waals surface area contributed by atoms with E-state index >= 15 is 0 Å². The fraction of sp³-hybridized carbons (Fsp3) is 0. The van der Waals surface area contributed by atoms with Gasteiger partial charge in [-0.15, -0.1) is 0 Å². The normalized spacial score (nSPS) is 10.2. The molecule has 4 aromatic rings. The Kier molecular flexibility index (Phi) is 3.88. The lowest BCUT2D eigenvalue weighted by molar-refractivity contribution is 0.100. The lowest BCUT2D eigenvalue weighted by Crippen LogP contribution is -2.09. The molecule has 3 aromatic carbocycles. The summed E-state index contributed by atoms with van der Waals surface area (Å²) in [4.78, 5) is 13.8. The smallest absolute Gasteiger partial charge is 0.248 e. The van der Waals surface area contributed by atoms with Crippen molar-refractivity contribution in [1.29, 1.82) is 0 Å². The summed E-state index contributed by atoms with van der Waals surface area (Å²) in [5, 5.41) is 2.61. The molecule has 0 fully saturated rings. The van der Waals surface area contributed by atoms with Crippen molar-refractivity contribution in [3.8, 4) is 0 Å². The van der Waals surface area contributed by atoms with Crippen LogP contribution in [0.3, 0.4) is 0 Å². The number of nitrogens with one attached hydrogen (secondary N) is 1. The van der Waals surface area contributed by atoms with E-state index in [-0.39, 0.29) is 5.91 Å². The fourth-order valence-corrected chi connectivity index (χ4v) is 2.40. The molecular formula is C19H16N2O. The molecule has 0 unspecified atom stereocenters. The Bertz CT molecular complexity index is 860. The SMILES string of the molecule is NC(=O)c1ccccc1.c1ccc2c(c1)[nH]c1ccccc12. The molecule has 0 saturated heterocycles. The zero-order chi connectivity index (χ0) is 15.4. The number of nitrogens with two attached hydrogens (primary N) is 1. The average Bonchev–Trinajstić information content (AvgIpc) is 2.95. The van der Waals surface area contributed by atoms with E-state index in [0.717, 1.165) is 0 Å². The molecule has 3 heteroatoms. The fourth-order valence-electron chi connectivity index (χ4n) is 2.40. The van der Waals surface area contributed by atoms with Crippen molar-refractivity contribution in [2.24, 2.45) is 5.73 Å². The van der Waals surface area contributed by atoms with Crippen molar-refractivity contribution >= 4 is 27.7 Å². The Balaban J connectivity index is 0.000000142. The number of benzene rings is 3. The molecule has 0 aliphatic heterocycles. The van der Waals surface area contributed by atoms with Gasteiger partial charge in [0, 0.05) is 27.4 Å². The van der Waals surface area contributed by atoms with Crippen LogP contribution in [0.2, 0.25) is 0 Å². The number of amides is 1. The molecule has 4 rings (SSSR count). The highest BCUT2D eigenvalue weighted by atomic mass is 16.1. The minimum Gasteiger partial charge on any atom is -0.366 e. The number of aromatic nitrogens is 1. The Morgan fingerprint density at radius 3 is 1.59 bits per heavy atom. The number of carbonyl (C=O) groups is 1. The molecular weight excluding hydrogens is 272 g/mol. The molecule has 0 aliphatic carbocycles. The Morgan fingerprint density at radius 1 is 0.682 bits per heavy atom. The highest BCUT2D eigenvalue weighted by Crippen LogP contribution is 2.24. The van der Waals surface area contributed by atoms with Crippen LogP contribution in [0.5, 0.6) is 0 Å². The van der Waals surface area contributed by atoms with Crippen molar-refractivity contribution in [3.63, 3.8) is 0 Å². The van der Waals surface area contributed by atoms with Crippen LogP contribution in [-0.2, 0) is 0 Å². The largest absolute Gasteiger partial charge is 0.366 e. The predicted molar refractivity (Wildman–Crippen MR) is 90.8 cm³/mol. The summed E-state index contributed by atoms with van der Waals surface area (Å²) in [6.07, 6.45) is 0. The van der Waals surface area contributed by atoms with Gasteiger partial charge < -0.3 is 10.7 Å². The van der Waals surface area contributed by atoms with Gasteiger partial charge in [-0.3, -0.25) is 4.79 Å². The molecule has 1 aromatic heterocycles. The number of rotatable bonds is 1. The number of para-hydroxylation sites is 2. The van der Waals surface area contributed by atoms with E-state index in [0.29, 0.717) is 5.56 Å². The molecule has 108 valence electrons. The van der Waals surface area contributed by atoms with Crippen LogP contribution in [0.15, 0.2) is 78.9 Å². The highest BCUT2D eigenvalue weighted by Gasteiger charge is 2.00. The Hall–Kier alpha value is -3.07.